The van der Waals surface area contributed by atoms with Gasteiger partial charge in [-0.25, -0.2) is 0 Å². The standard InChI is InChI=1S/C22H26N6O2/c1-13-24-27-22(30-13)14-6-7-18(20(29)10-14)19-8-9-21(26-25-19)28(2)17-11-15-4-3-5-16(12-17)23-15/h6-10,15-17,23,29H,3-5,11-12H2,1-2H3/t15-,16+,17-. The van der Waals surface area contributed by atoms with E-state index in [1.54, 1.807) is 19.1 Å². The highest BCUT2D eigenvalue weighted by Gasteiger charge is 2.33. The van der Waals surface area contributed by atoms with Crippen molar-refractivity contribution >= 4 is 5.82 Å². The molecule has 8 nitrogen and oxygen atoms in total. The van der Waals surface area contributed by atoms with Gasteiger partial charge in [0.15, 0.2) is 5.82 Å². The van der Waals surface area contributed by atoms with Crippen molar-refractivity contribution in [2.45, 2.75) is 57.2 Å². The molecule has 4 heterocycles. The van der Waals surface area contributed by atoms with Crippen LogP contribution in [0, 0.1) is 6.92 Å². The molecule has 5 rings (SSSR count). The van der Waals surface area contributed by atoms with Crippen LogP contribution in [0.3, 0.4) is 0 Å². The lowest BCUT2D eigenvalue weighted by atomic mass is 9.83. The quantitative estimate of drug-likeness (QED) is 0.681. The van der Waals surface area contributed by atoms with E-state index in [2.05, 4.69) is 37.7 Å². The average Bonchev–Trinajstić information content (AvgIpc) is 3.19. The summed E-state index contributed by atoms with van der Waals surface area (Å²) in [5.41, 5.74) is 1.91. The van der Waals surface area contributed by atoms with Gasteiger partial charge < -0.3 is 19.7 Å². The fourth-order valence-corrected chi connectivity index (χ4v) is 4.69. The number of hydrogen-bond donors (Lipinski definition) is 2. The highest BCUT2D eigenvalue weighted by molar-refractivity contribution is 5.71. The Balaban J connectivity index is 1.33. The lowest BCUT2D eigenvalue weighted by molar-refractivity contribution is 0.219. The van der Waals surface area contributed by atoms with Crippen LogP contribution < -0.4 is 10.2 Å². The van der Waals surface area contributed by atoms with Gasteiger partial charge in [0.05, 0.1) is 5.69 Å². The van der Waals surface area contributed by atoms with Gasteiger partial charge in [0.1, 0.15) is 5.75 Å². The predicted octanol–water partition coefficient (Wildman–Crippen LogP) is 3.32. The number of benzene rings is 1. The Kier molecular flexibility index (Phi) is 4.86. The molecule has 3 atom stereocenters. The molecule has 2 aromatic heterocycles. The van der Waals surface area contributed by atoms with Crippen molar-refractivity contribution in [3.05, 3.63) is 36.2 Å². The maximum atomic E-state index is 10.5. The Labute approximate surface area is 175 Å². The van der Waals surface area contributed by atoms with Crippen LogP contribution in [0.5, 0.6) is 5.75 Å². The molecule has 0 spiro atoms. The van der Waals surface area contributed by atoms with E-state index in [9.17, 15) is 5.11 Å². The molecule has 0 saturated carbocycles. The Morgan fingerprint density at radius 1 is 1.03 bits per heavy atom. The van der Waals surface area contributed by atoms with E-state index in [0.717, 1.165) is 18.7 Å². The number of rotatable bonds is 4. The number of aryl methyl sites for hydroxylation is 1. The Hall–Kier alpha value is -3.00. The number of hydrogen-bond acceptors (Lipinski definition) is 8. The number of fused-ring (bicyclic) bond motifs is 2. The van der Waals surface area contributed by atoms with Crippen LogP contribution >= 0.6 is 0 Å². The zero-order chi connectivity index (χ0) is 20.7. The molecule has 2 fully saturated rings. The minimum atomic E-state index is 0.102. The van der Waals surface area contributed by atoms with Gasteiger partial charge in [0, 0.05) is 43.2 Å². The van der Waals surface area contributed by atoms with Crippen LogP contribution in [0.1, 0.15) is 38.0 Å². The summed E-state index contributed by atoms with van der Waals surface area (Å²) in [7, 11) is 2.11. The van der Waals surface area contributed by atoms with Crippen LogP contribution in [0.15, 0.2) is 34.7 Å². The summed E-state index contributed by atoms with van der Waals surface area (Å²) in [5, 5.41) is 30.9. The van der Waals surface area contributed by atoms with Crippen LogP contribution in [-0.4, -0.2) is 50.7 Å². The summed E-state index contributed by atoms with van der Waals surface area (Å²) in [4.78, 5) is 2.25. The fraction of sp³-hybridized carbons (Fsp3) is 0.455. The van der Waals surface area contributed by atoms with Crippen LogP contribution in [0.2, 0.25) is 0 Å². The van der Waals surface area contributed by atoms with Crippen molar-refractivity contribution in [2.75, 3.05) is 11.9 Å². The van der Waals surface area contributed by atoms with Gasteiger partial charge in [0.2, 0.25) is 11.8 Å². The topological polar surface area (TPSA) is 100 Å². The van der Waals surface area contributed by atoms with E-state index in [0.29, 0.717) is 46.7 Å². The van der Waals surface area contributed by atoms with Crippen molar-refractivity contribution in [2.24, 2.45) is 0 Å². The van der Waals surface area contributed by atoms with E-state index >= 15 is 0 Å². The molecular formula is C22H26N6O2. The number of nitrogens with one attached hydrogen (secondary N) is 1. The minimum absolute atomic E-state index is 0.102. The van der Waals surface area contributed by atoms with Crippen LogP contribution in [0.4, 0.5) is 5.82 Å². The van der Waals surface area contributed by atoms with Crippen molar-refractivity contribution in [1.29, 1.82) is 0 Å². The van der Waals surface area contributed by atoms with Crippen LogP contribution in [0.25, 0.3) is 22.7 Å². The zero-order valence-corrected chi connectivity index (χ0v) is 17.2. The predicted molar refractivity (Wildman–Crippen MR) is 113 cm³/mol. The zero-order valence-electron chi connectivity index (χ0n) is 17.2. The summed E-state index contributed by atoms with van der Waals surface area (Å²) in [6, 6.07) is 10.8. The Bertz CT molecular complexity index is 1020. The summed E-state index contributed by atoms with van der Waals surface area (Å²) >= 11 is 0. The van der Waals surface area contributed by atoms with Crippen molar-refractivity contribution < 1.29 is 9.52 Å². The molecule has 8 heteroatoms. The SMILES string of the molecule is Cc1nnc(-c2ccc(-c3ccc(N(C)[C@@H]4C[C@H]5CCC[C@@H](C4)N5)nn3)c(O)c2)o1. The lowest BCUT2D eigenvalue weighted by Gasteiger charge is -2.43. The van der Waals surface area contributed by atoms with E-state index < -0.39 is 0 Å². The Morgan fingerprint density at radius 3 is 2.47 bits per heavy atom. The highest BCUT2D eigenvalue weighted by atomic mass is 16.4. The van der Waals surface area contributed by atoms with E-state index in [-0.39, 0.29) is 5.75 Å². The summed E-state index contributed by atoms with van der Waals surface area (Å²) in [5.74, 6) is 1.83. The van der Waals surface area contributed by atoms with Gasteiger partial charge >= 0.3 is 0 Å². The number of nitrogens with zero attached hydrogens (tertiary/aromatic N) is 5. The van der Waals surface area contributed by atoms with Gasteiger partial charge in [-0.05, 0) is 56.0 Å². The second-order valence-corrected chi connectivity index (χ2v) is 8.36. The molecule has 156 valence electrons. The molecule has 0 aliphatic carbocycles. The van der Waals surface area contributed by atoms with Crippen molar-refractivity contribution in [1.82, 2.24) is 25.7 Å². The average molecular weight is 406 g/mol. The number of aromatic hydroxyl groups is 1. The summed E-state index contributed by atoms with van der Waals surface area (Å²) < 4.78 is 5.43. The lowest BCUT2D eigenvalue weighted by Crippen LogP contribution is -2.54. The molecule has 2 aliphatic heterocycles. The smallest absolute Gasteiger partial charge is 0.247 e. The molecule has 3 aromatic rings. The van der Waals surface area contributed by atoms with Gasteiger partial charge in [-0.1, -0.05) is 6.42 Å². The third-order valence-corrected chi connectivity index (χ3v) is 6.30. The molecule has 2 bridgehead atoms. The van der Waals surface area contributed by atoms with Crippen molar-refractivity contribution in [3.63, 3.8) is 0 Å². The van der Waals surface area contributed by atoms with Crippen molar-refractivity contribution in [3.8, 4) is 28.5 Å². The summed E-state index contributed by atoms with van der Waals surface area (Å²) in [6.45, 7) is 1.73. The molecule has 0 unspecified atom stereocenters. The first kappa shape index (κ1) is 19.0. The molecule has 30 heavy (non-hydrogen) atoms. The van der Waals surface area contributed by atoms with Gasteiger partial charge in [0.25, 0.3) is 0 Å². The number of piperidine rings is 2. The number of aromatic nitrogens is 4. The minimum Gasteiger partial charge on any atom is -0.507 e. The van der Waals surface area contributed by atoms with E-state index in [4.69, 9.17) is 4.42 Å². The second-order valence-electron chi connectivity index (χ2n) is 8.36. The monoisotopic (exact) mass is 406 g/mol. The second kappa shape index (κ2) is 7.68. The fourth-order valence-electron chi connectivity index (χ4n) is 4.69. The van der Waals surface area contributed by atoms with Crippen LogP contribution in [-0.2, 0) is 0 Å². The molecule has 0 amide bonds. The maximum Gasteiger partial charge on any atom is 0.247 e. The molecule has 2 saturated heterocycles. The first-order valence-electron chi connectivity index (χ1n) is 10.5. The summed E-state index contributed by atoms with van der Waals surface area (Å²) in [6.07, 6.45) is 6.16. The molecule has 0 radical (unpaired) electrons. The molecule has 2 N–H and O–H groups in total. The maximum absolute atomic E-state index is 10.5. The third-order valence-electron chi connectivity index (χ3n) is 6.30. The molecule has 1 aromatic carbocycles. The normalized spacial score (nSPS) is 23.3. The molecule has 2 aliphatic rings. The van der Waals surface area contributed by atoms with Gasteiger partial charge in [-0.2, -0.15) is 0 Å². The number of phenolic OH excluding ortho intramolecular Hbond substituents is 1. The van der Waals surface area contributed by atoms with E-state index in [1.807, 2.05) is 18.2 Å². The van der Waals surface area contributed by atoms with E-state index in [1.165, 1.54) is 19.3 Å². The van der Waals surface area contributed by atoms with Gasteiger partial charge in [-0.15, -0.1) is 20.4 Å². The highest BCUT2D eigenvalue weighted by Crippen LogP contribution is 2.33. The number of phenols is 1. The largest absolute Gasteiger partial charge is 0.507 e. The molecular weight excluding hydrogens is 380 g/mol. The number of anilines is 1. The first-order chi connectivity index (χ1) is 14.6. The third kappa shape index (κ3) is 3.63. The Morgan fingerprint density at radius 2 is 1.83 bits per heavy atom. The van der Waals surface area contributed by atoms with Gasteiger partial charge in [-0.3, -0.25) is 0 Å². The first-order valence-corrected chi connectivity index (χ1v) is 10.5.